The molecule has 34 heavy (non-hydrogen) atoms. The Morgan fingerprint density at radius 2 is 1.79 bits per heavy atom. The smallest absolute Gasteiger partial charge is 0.331 e. The van der Waals surface area contributed by atoms with E-state index in [0.29, 0.717) is 11.6 Å². The standard InChI is InChI=1S/C27H26N6O/c1-31-16-25(20-7-3-4-8-23(20)31)33-26(22(13-28)30-27(33)34)21-15-32(14-17-10-11-18(29)12-17)24-9-5-2-6-19(21)24/h2-9,15-18H,10-12,14,29H2,1H3,(H,30,34)/t17-,18+/m0/s1. The number of para-hydroxylation sites is 2. The maximum Gasteiger partial charge on any atom is 0.331 e. The number of H-pyrrole nitrogens is 1. The van der Waals surface area contributed by atoms with Crippen LogP contribution in [0.15, 0.2) is 65.7 Å². The third kappa shape index (κ3) is 3.11. The molecule has 0 radical (unpaired) electrons. The first-order valence-corrected chi connectivity index (χ1v) is 11.7. The Morgan fingerprint density at radius 1 is 1.06 bits per heavy atom. The van der Waals surface area contributed by atoms with Crippen molar-refractivity contribution in [2.75, 3.05) is 0 Å². The average molecular weight is 451 g/mol. The first-order valence-electron chi connectivity index (χ1n) is 11.7. The van der Waals surface area contributed by atoms with Gasteiger partial charge in [-0.05, 0) is 37.3 Å². The molecular weight excluding hydrogens is 424 g/mol. The van der Waals surface area contributed by atoms with Crippen LogP contribution in [0, 0.1) is 17.2 Å². The maximum absolute atomic E-state index is 13.2. The molecule has 0 unspecified atom stereocenters. The Bertz CT molecular complexity index is 1640. The second-order valence-corrected chi connectivity index (χ2v) is 9.39. The van der Waals surface area contributed by atoms with E-state index < -0.39 is 0 Å². The van der Waals surface area contributed by atoms with Crippen LogP contribution in [0.3, 0.4) is 0 Å². The van der Waals surface area contributed by atoms with Crippen LogP contribution in [0.4, 0.5) is 0 Å². The van der Waals surface area contributed by atoms with Crippen molar-refractivity contribution in [1.82, 2.24) is 18.7 Å². The first kappa shape index (κ1) is 20.6. The van der Waals surface area contributed by atoms with Crippen LogP contribution >= 0.6 is 0 Å². The van der Waals surface area contributed by atoms with Crippen molar-refractivity contribution in [3.05, 3.63) is 77.1 Å². The van der Waals surface area contributed by atoms with Crippen molar-refractivity contribution in [1.29, 1.82) is 5.26 Å². The number of aromatic nitrogens is 4. The van der Waals surface area contributed by atoms with Crippen LogP contribution in [0.5, 0.6) is 0 Å². The number of rotatable bonds is 4. The van der Waals surface area contributed by atoms with Gasteiger partial charge in [-0.2, -0.15) is 5.26 Å². The summed E-state index contributed by atoms with van der Waals surface area (Å²) in [5.74, 6) is 0.528. The summed E-state index contributed by atoms with van der Waals surface area (Å²) in [5, 5.41) is 11.9. The third-order valence-electron chi connectivity index (χ3n) is 7.20. The number of nitriles is 1. The Morgan fingerprint density at radius 3 is 2.53 bits per heavy atom. The van der Waals surface area contributed by atoms with Gasteiger partial charge in [0.05, 0.1) is 11.4 Å². The van der Waals surface area contributed by atoms with Crippen LogP contribution < -0.4 is 11.4 Å². The molecule has 170 valence electrons. The number of nitrogens with zero attached hydrogens (tertiary/aromatic N) is 4. The minimum absolute atomic E-state index is 0.267. The van der Waals surface area contributed by atoms with Gasteiger partial charge in [-0.3, -0.25) is 9.55 Å². The molecule has 0 bridgehead atoms. The van der Waals surface area contributed by atoms with E-state index in [4.69, 9.17) is 5.73 Å². The molecule has 7 nitrogen and oxygen atoms in total. The van der Waals surface area contributed by atoms with Crippen molar-refractivity contribution in [2.45, 2.75) is 31.8 Å². The van der Waals surface area contributed by atoms with Gasteiger partial charge in [0, 0.05) is 59.4 Å². The molecule has 0 aliphatic heterocycles. The number of hydrogen-bond acceptors (Lipinski definition) is 3. The van der Waals surface area contributed by atoms with Crippen LogP contribution in [0.25, 0.3) is 38.8 Å². The molecule has 1 aliphatic rings. The topological polar surface area (TPSA) is 97.5 Å². The monoisotopic (exact) mass is 450 g/mol. The van der Waals surface area contributed by atoms with Gasteiger partial charge in [-0.25, -0.2) is 4.79 Å². The summed E-state index contributed by atoms with van der Waals surface area (Å²) >= 11 is 0. The summed E-state index contributed by atoms with van der Waals surface area (Å²) in [4.78, 5) is 16.0. The molecule has 0 spiro atoms. The molecule has 3 heterocycles. The van der Waals surface area contributed by atoms with E-state index in [-0.39, 0.29) is 17.4 Å². The van der Waals surface area contributed by atoms with Gasteiger partial charge in [0.15, 0.2) is 0 Å². The molecule has 2 aromatic carbocycles. The lowest BCUT2D eigenvalue weighted by molar-refractivity contribution is 0.459. The number of aromatic amines is 1. The van der Waals surface area contributed by atoms with Crippen molar-refractivity contribution < 1.29 is 0 Å². The summed E-state index contributed by atoms with van der Waals surface area (Å²) in [5.41, 5.74) is 10.5. The molecule has 0 amide bonds. The predicted molar refractivity (Wildman–Crippen MR) is 134 cm³/mol. The number of benzene rings is 2. The fourth-order valence-electron chi connectivity index (χ4n) is 5.64. The van der Waals surface area contributed by atoms with Gasteiger partial charge in [0.25, 0.3) is 0 Å². The Balaban J connectivity index is 1.60. The summed E-state index contributed by atoms with van der Waals surface area (Å²) in [6, 6.07) is 18.7. The zero-order valence-electron chi connectivity index (χ0n) is 19.0. The molecule has 2 atom stereocenters. The molecule has 6 rings (SSSR count). The zero-order chi connectivity index (χ0) is 23.4. The first-order chi connectivity index (χ1) is 16.5. The molecule has 0 saturated heterocycles. The van der Waals surface area contributed by atoms with Gasteiger partial charge in [0.2, 0.25) is 0 Å². The molecule has 1 aliphatic carbocycles. The van der Waals surface area contributed by atoms with Crippen LogP contribution in [-0.4, -0.2) is 24.7 Å². The van der Waals surface area contributed by atoms with E-state index in [1.807, 2.05) is 54.2 Å². The maximum atomic E-state index is 13.2. The van der Waals surface area contributed by atoms with Gasteiger partial charge in [-0.1, -0.05) is 36.4 Å². The van der Waals surface area contributed by atoms with Gasteiger partial charge in [0.1, 0.15) is 11.8 Å². The lowest BCUT2D eigenvalue weighted by atomic mass is 10.1. The second kappa shape index (κ2) is 7.79. The minimum Gasteiger partial charge on any atom is -0.348 e. The van der Waals surface area contributed by atoms with E-state index in [9.17, 15) is 10.1 Å². The molecule has 7 heteroatoms. The normalized spacial score (nSPS) is 18.1. The Hall–Kier alpha value is -4.02. The van der Waals surface area contributed by atoms with Crippen LogP contribution in [0.1, 0.15) is 25.0 Å². The van der Waals surface area contributed by atoms with Crippen LogP contribution in [-0.2, 0) is 13.6 Å². The van der Waals surface area contributed by atoms with E-state index in [2.05, 4.69) is 33.9 Å². The quantitative estimate of drug-likeness (QED) is 0.428. The lowest BCUT2D eigenvalue weighted by Crippen LogP contribution is -2.16. The fourth-order valence-corrected chi connectivity index (χ4v) is 5.64. The third-order valence-corrected chi connectivity index (χ3v) is 7.20. The molecular formula is C27H26N6O. The molecule has 1 saturated carbocycles. The van der Waals surface area contributed by atoms with Crippen LogP contribution in [0.2, 0.25) is 0 Å². The largest absolute Gasteiger partial charge is 0.348 e. The summed E-state index contributed by atoms with van der Waals surface area (Å²) < 4.78 is 5.92. The highest BCUT2D eigenvalue weighted by Crippen LogP contribution is 2.36. The zero-order valence-corrected chi connectivity index (χ0v) is 19.0. The summed E-state index contributed by atoms with van der Waals surface area (Å²) in [6.07, 6.45) is 7.25. The molecule has 5 aromatic rings. The van der Waals surface area contributed by atoms with E-state index in [0.717, 1.165) is 58.9 Å². The van der Waals surface area contributed by atoms with E-state index in [1.165, 1.54) is 0 Å². The summed E-state index contributed by atoms with van der Waals surface area (Å²) in [6.45, 7) is 0.874. The number of imidazole rings is 1. The predicted octanol–water partition coefficient (Wildman–Crippen LogP) is 4.28. The van der Waals surface area contributed by atoms with Crippen molar-refractivity contribution >= 4 is 21.8 Å². The Labute approximate surface area is 196 Å². The van der Waals surface area contributed by atoms with E-state index in [1.54, 1.807) is 4.57 Å². The van der Waals surface area contributed by atoms with Gasteiger partial charge < -0.3 is 14.9 Å². The fraction of sp³-hybridized carbons (Fsp3) is 0.259. The van der Waals surface area contributed by atoms with E-state index >= 15 is 0 Å². The molecule has 1 fully saturated rings. The lowest BCUT2D eigenvalue weighted by Gasteiger charge is -2.12. The highest BCUT2D eigenvalue weighted by Gasteiger charge is 2.26. The highest BCUT2D eigenvalue weighted by atomic mass is 16.1. The number of hydrogen-bond donors (Lipinski definition) is 2. The number of nitrogens with one attached hydrogen (secondary N) is 1. The Kier molecular flexibility index (Phi) is 4.71. The average Bonchev–Trinajstić information content (AvgIpc) is 3.59. The van der Waals surface area contributed by atoms with Crippen molar-refractivity contribution in [2.24, 2.45) is 18.7 Å². The highest BCUT2D eigenvalue weighted by molar-refractivity contribution is 5.98. The SMILES string of the molecule is Cn1cc(-n2c(-c3cn(C[C@H]4CC[C@@H](N)C4)c4ccccc34)c(C#N)[nH]c2=O)c2ccccc21. The van der Waals surface area contributed by atoms with Crippen molar-refractivity contribution in [3.63, 3.8) is 0 Å². The number of aryl methyl sites for hydroxylation is 1. The summed E-state index contributed by atoms with van der Waals surface area (Å²) in [7, 11) is 1.96. The molecule has 3 N–H and O–H groups in total. The van der Waals surface area contributed by atoms with Gasteiger partial charge >= 0.3 is 5.69 Å². The molecule has 3 aromatic heterocycles. The van der Waals surface area contributed by atoms with Crippen molar-refractivity contribution in [3.8, 4) is 23.0 Å². The number of nitrogens with two attached hydrogens (primary N) is 1. The second-order valence-electron chi connectivity index (χ2n) is 9.39. The minimum atomic E-state index is -0.318. The number of fused-ring (bicyclic) bond motifs is 2. The van der Waals surface area contributed by atoms with Gasteiger partial charge in [-0.15, -0.1) is 0 Å².